The second kappa shape index (κ2) is 4.49. The van der Waals surface area contributed by atoms with Crippen LogP contribution in [0.25, 0.3) is 0 Å². The lowest BCUT2D eigenvalue weighted by molar-refractivity contribution is 0.603. The normalized spacial score (nSPS) is 10.9. The molecule has 0 radical (unpaired) electrons. The summed E-state index contributed by atoms with van der Waals surface area (Å²) >= 11 is 0. The molecule has 0 aliphatic carbocycles. The highest BCUT2D eigenvalue weighted by Gasteiger charge is 2.13. The largest absolute Gasteiger partial charge is 0.279 e. The smallest absolute Gasteiger partial charge is 0.229 e. The molecule has 0 aliphatic rings. The van der Waals surface area contributed by atoms with Crippen molar-refractivity contribution in [2.24, 2.45) is 0 Å². The van der Waals surface area contributed by atoms with Gasteiger partial charge in [-0.1, -0.05) is 6.92 Å². The molecule has 0 atom stereocenters. The van der Waals surface area contributed by atoms with E-state index in [0.29, 0.717) is 12.0 Å². The Bertz CT molecular complexity index is 547. The van der Waals surface area contributed by atoms with Crippen LogP contribution in [0.4, 0.5) is 10.1 Å². The fraction of sp³-hybridized carbons (Fsp3) is 0.300. The predicted molar refractivity (Wildman–Crippen MR) is 59.0 cm³/mol. The number of nitrogens with zero attached hydrogens (tertiary/aromatic N) is 1. The van der Waals surface area contributed by atoms with Gasteiger partial charge < -0.3 is 0 Å². The lowest BCUT2D eigenvalue weighted by Gasteiger charge is -2.08. The van der Waals surface area contributed by atoms with Gasteiger partial charge in [0.1, 0.15) is 17.6 Å². The predicted octanol–water partition coefficient (Wildman–Crippen LogP) is 1.63. The Balaban J connectivity index is 3.34. The van der Waals surface area contributed by atoms with Gasteiger partial charge in [0.05, 0.1) is 11.8 Å². The van der Waals surface area contributed by atoms with Crippen molar-refractivity contribution in [3.05, 3.63) is 29.1 Å². The highest BCUT2D eigenvalue weighted by atomic mass is 32.2. The molecular formula is C10H11FN2O2S. The maximum Gasteiger partial charge on any atom is 0.229 e. The number of anilines is 1. The molecule has 0 bridgehead atoms. The first-order valence-corrected chi connectivity index (χ1v) is 6.47. The Kier molecular flexibility index (Phi) is 3.50. The molecule has 0 saturated heterocycles. The monoisotopic (exact) mass is 242 g/mol. The molecule has 0 saturated carbocycles. The molecular weight excluding hydrogens is 231 g/mol. The second-order valence-corrected chi connectivity index (χ2v) is 5.09. The number of nitrogens with one attached hydrogen (secondary N) is 1. The van der Waals surface area contributed by atoms with Crippen molar-refractivity contribution in [3.8, 4) is 6.07 Å². The van der Waals surface area contributed by atoms with E-state index in [1.54, 1.807) is 6.07 Å². The van der Waals surface area contributed by atoms with Gasteiger partial charge in [-0.15, -0.1) is 0 Å². The van der Waals surface area contributed by atoms with Gasteiger partial charge in [0.2, 0.25) is 10.0 Å². The number of sulfonamides is 1. The quantitative estimate of drug-likeness (QED) is 0.875. The molecule has 0 heterocycles. The molecule has 1 aromatic carbocycles. The summed E-state index contributed by atoms with van der Waals surface area (Å²) in [7, 11) is -3.59. The van der Waals surface area contributed by atoms with Gasteiger partial charge in [-0.25, -0.2) is 12.8 Å². The minimum atomic E-state index is -3.59. The summed E-state index contributed by atoms with van der Waals surface area (Å²) in [5.74, 6) is -0.735. The zero-order valence-corrected chi connectivity index (χ0v) is 9.73. The molecule has 0 spiro atoms. The zero-order chi connectivity index (χ0) is 12.3. The highest BCUT2D eigenvalue weighted by Crippen LogP contribution is 2.22. The van der Waals surface area contributed by atoms with Crippen LogP contribution in [0.5, 0.6) is 0 Å². The van der Waals surface area contributed by atoms with Gasteiger partial charge in [0.15, 0.2) is 0 Å². The Morgan fingerprint density at radius 2 is 2.12 bits per heavy atom. The lowest BCUT2D eigenvalue weighted by Crippen LogP contribution is -2.12. The van der Waals surface area contributed by atoms with Crippen LogP contribution in [-0.4, -0.2) is 14.7 Å². The van der Waals surface area contributed by atoms with E-state index in [1.165, 1.54) is 12.1 Å². The summed E-state index contributed by atoms with van der Waals surface area (Å²) in [6, 6.07) is 4.45. The summed E-state index contributed by atoms with van der Waals surface area (Å²) in [6.45, 7) is 1.82. The number of hydrogen-bond donors (Lipinski definition) is 1. The molecule has 6 heteroatoms. The van der Waals surface area contributed by atoms with Crippen LogP contribution in [0, 0.1) is 17.1 Å². The average Bonchev–Trinajstić information content (AvgIpc) is 2.19. The van der Waals surface area contributed by atoms with Crippen LogP contribution >= 0.6 is 0 Å². The number of nitriles is 1. The maximum atomic E-state index is 13.5. The van der Waals surface area contributed by atoms with Crippen molar-refractivity contribution >= 4 is 15.7 Å². The molecule has 0 amide bonds. The van der Waals surface area contributed by atoms with E-state index in [1.807, 2.05) is 11.6 Å². The Hall–Kier alpha value is -1.61. The van der Waals surface area contributed by atoms with Crippen molar-refractivity contribution in [3.63, 3.8) is 0 Å². The van der Waals surface area contributed by atoms with E-state index in [4.69, 9.17) is 5.26 Å². The number of halogens is 1. The molecule has 0 unspecified atom stereocenters. The molecule has 16 heavy (non-hydrogen) atoms. The SMILES string of the molecule is CCc1cc(F)c(NS(C)(=O)=O)c(C#N)c1. The van der Waals surface area contributed by atoms with Crippen molar-refractivity contribution < 1.29 is 12.8 Å². The minimum Gasteiger partial charge on any atom is -0.279 e. The standard InChI is InChI=1S/C10H11FN2O2S/c1-3-7-4-8(6-12)10(9(11)5-7)13-16(2,14)15/h4-5,13H,3H2,1-2H3. The van der Waals surface area contributed by atoms with E-state index < -0.39 is 15.8 Å². The topological polar surface area (TPSA) is 70.0 Å². The Morgan fingerprint density at radius 1 is 1.50 bits per heavy atom. The molecule has 1 aromatic rings. The van der Waals surface area contributed by atoms with Gasteiger partial charge in [-0.3, -0.25) is 4.72 Å². The maximum absolute atomic E-state index is 13.5. The van der Waals surface area contributed by atoms with Crippen molar-refractivity contribution in [2.75, 3.05) is 11.0 Å². The van der Waals surface area contributed by atoms with Crippen LogP contribution in [0.3, 0.4) is 0 Å². The number of rotatable bonds is 3. The fourth-order valence-electron chi connectivity index (χ4n) is 1.24. The van der Waals surface area contributed by atoms with Gasteiger partial charge in [0.25, 0.3) is 0 Å². The van der Waals surface area contributed by atoms with Crippen LogP contribution in [0.1, 0.15) is 18.1 Å². The van der Waals surface area contributed by atoms with Crippen molar-refractivity contribution in [1.82, 2.24) is 0 Å². The zero-order valence-electron chi connectivity index (χ0n) is 8.91. The van der Waals surface area contributed by atoms with E-state index in [2.05, 4.69) is 0 Å². The molecule has 86 valence electrons. The van der Waals surface area contributed by atoms with Crippen molar-refractivity contribution in [2.45, 2.75) is 13.3 Å². The van der Waals surface area contributed by atoms with E-state index in [0.717, 1.165) is 6.26 Å². The Labute approximate surface area is 93.8 Å². The lowest BCUT2D eigenvalue weighted by atomic mass is 10.1. The first-order chi connectivity index (χ1) is 7.37. The molecule has 4 nitrogen and oxygen atoms in total. The molecule has 0 aliphatic heterocycles. The number of benzene rings is 1. The highest BCUT2D eigenvalue weighted by molar-refractivity contribution is 7.92. The van der Waals surface area contributed by atoms with Gasteiger partial charge in [-0.2, -0.15) is 5.26 Å². The first-order valence-electron chi connectivity index (χ1n) is 4.57. The van der Waals surface area contributed by atoms with Crippen molar-refractivity contribution in [1.29, 1.82) is 5.26 Å². The molecule has 0 aromatic heterocycles. The summed E-state index contributed by atoms with van der Waals surface area (Å²) in [5, 5.41) is 8.81. The second-order valence-electron chi connectivity index (χ2n) is 3.34. The van der Waals surface area contributed by atoms with E-state index in [9.17, 15) is 12.8 Å². The van der Waals surface area contributed by atoms with Gasteiger partial charge in [0, 0.05) is 0 Å². The third-order valence-electron chi connectivity index (χ3n) is 1.97. The first kappa shape index (κ1) is 12.5. The Morgan fingerprint density at radius 3 is 2.56 bits per heavy atom. The van der Waals surface area contributed by atoms with E-state index >= 15 is 0 Å². The number of hydrogen-bond acceptors (Lipinski definition) is 3. The van der Waals surface area contributed by atoms with Crippen LogP contribution in [0.2, 0.25) is 0 Å². The number of aryl methyl sites for hydroxylation is 1. The summed E-state index contributed by atoms with van der Waals surface area (Å²) < 4.78 is 37.5. The van der Waals surface area contributed by atoms with Gasteiger partial charge in [-0.05, 0) is 24.1 Å². The fourth-order valence-corrected chi connectivity index (χ4v) is 1.82. The third-order valence-corrected chi connectivity index (χ3v) is 2.54. The summed E-state index contributed by atoms with van der Waals surface area (Å²) in [5.41, 5.74) is 0.345. The average molecular weight is 242 g/mol. The minimum absolute atomic E-state index is 0.0118. The van der Waals surface area contributed by atoms with E-state index in [-0.39, 0.29) is 11.3 Å². The summed E-state index contributed by atoms with van der Waals surface area (Å²) in [4.78, 5) is 0. The van der Waals surface area contributed by atoms with Crippen LogP contribution in [-0.2, 0) is 16.4 Å². The van der Waals surface area contributed by atoms with Crippen LogP contribution in [0.15, 0.2) is 12.1 Å². The molecule has 0 fully saturated rings. The van der Waals surface area contributed by atoms with Gasteiger partial charge >= 0.3 is 0 Å². The molecule has 1 rings (SSSR count). The van der Waals surface area contributed by atoms with Crippen LogP contribution < -0.4 is 4.72 Å². The molecule has 1 N–H and O–H groups in total. The third kappa shape index (κ3) is 2.94. The summed E-state index contributed by atoms with van der Waals surface area (Å²) in [6.07, 6.45) is 1.48.